The van der Waals surface area contributed by atoms with Gasteiger partial charge in [0.1, 0.15) is 0 Å². The summed E-state index contributed by atoms with van der Waals surface area (Å²) in [7, 11) is 0. The predicted octanol–water partition coefficient (Wildman–Crippen LogP) is 2.11. The van der Waals surface area contributed by atoms with Crippen LogP contribution in [0.25, 0.3) is 0 Å². The van der Waals surface area contributed by atoms with Crippen LogP contribution >= 0.6 is 12.2 Å². The lowest BCUT2D eigenvalue weighted by Crippen LogP contribution is -2.46. The number of thiocarbonyl (C=S) groups is 1. The van der Waals surface area contributed by atoms with Gasteiger partial charge < -0.3 is 5.32 Å². The summed E-state index contributed by atoms with van der Waals surface area (Å²) < 4.78 is 0. The van der Waals surface area contributed by atoms with Crippen molar-refractivity contribution in [1.29, 1.82) is 0 Å². The second kappa shape index (κ2) is 6.52. The van der Waals surface area contributed by atoms with E-state index in [1.165, 1.54) is 5.56 Å². The predicted molar refractivity (Wildman–Crippen MR) is 82.0 cm³/mol. The molecule has 0 bridgehead atoms. The minimum Gasteiger partial charge on any atom is -0.362 e. The van der Waals surface area contributed by atoms with E-state index in [1.54, 1.807) is 0 Å². The van der Waals surface area contributed by atoms with Crippen molar-refractivity contribution < 1.29 is 4.79 Å². The molecular weight excluding hydrogens is 258 g/mol. The lowest BCUT2D eigenvalue weighted by Gasteiger charge is -2.19. The third kappa shape index (κ3) is 4.87. The summed E-state index contributed by atoms with van der Waals surface area (Å²) in [5, 5.41) is 3.29. The molecule has 104 valence electrons. The van der Waals surface area contributed by atoms with Crippen LogP contribution in [-0.4, -0.2) is 17.6 Å². The molecule has 0 saturated carbocycles. The van der Waals surface area contributed by atoms with Crippen molar-refractivity contribution in [3.8, 4) is 0 Å². The van der Waals surface area contributed by atoms with Crippen molar-refractivity contribution in [1.82, 2.24) is 16.2 Å². The van der Waals surface area contributed by atoms with Crippen LogP contribution in [0.3, 0.4) is 0 Å². The average Bonchev–Trinajstić information content (AvgIpc) is 2.35. The number of hydrogen-bond donors (Lipinski definition) is 3. The van der Waals surface area contributed by atoms with E-state index < -0.39 is 0 Å². The van der Waals surface area contributed by atoms with E-state index in [4.69, 9.17) is 12.2 Å². The van der Waals surface area contributed by atoms with Gasteiger partial charge in [-0.25, -0.2) is 0 Å². The summed E-state index contributed by atoms with van der Waals surface area (Å²) >= 11 is 4.95. The Morgan fingerprint density at radius 1 is 1.16 bits per heavy atom. The van der Waals surface area contributed by atoms with Crippen molar-refractivity contribution >= 4 is 23.2 Å². The molecular formula is C14H21N3OS. The van der Waals surface area contributed by atoms with Gasteiger partial charge in [-0.05, 0) is 42.3 Å². The number of nitrogens with one attached hydrogen (secondary N) is 3. The Labute approximate surface area is 119 Å². The van der Waals surface area contributed by atoms with E-state index in [0.29, 0.717) is 17.2 Å². The average molecular weight is 279 g/mol. The zero-order valence-corrected chi connectivity index (χ0v) is 12.6. The maximum absolute atomic E-state index is 11.9. The van der Waals surface area contributed by atoms with E-state index in [0.717, 1.165) is 0 Å². The quantitative estimate of drug-likeness (QED) is 0.573. The Morgan fingerprint density at radius 2 is 1.74 bits per heavy atom. The van der Waals surface area contributed by atoms with E-state index >= 15 is 0 Å². The second-order valence-corrected chi connectivity index (χ2v) is 5.67. The van der Waals surface area contributed by atoms with Crippen molar-refractivity contribution in [3.05, 3.63) is 35.4 Å². The Morgan fingerprint density at radius 3 is 2.21 bits per heavy atom. The summed E-state index contributed by atoms with van der Waals surface area (Å²) in [5.74, 6) is -0.208. The molecule has 3 N–H and O–H groups in total. The molecule has 19 heavy (non-hydrogen) atoms. The van der Waals surface area contributed by atoms with Crippen LogP contribution in [0.5, 0.6) is 0 Å². The van der Waals surface area contributed by atoms with Crippen LogP contribution in [0.15, 0.2) is 24.3 Å². The minimum absolute atomic E-state index is 0.0832. The Balaban J connectivity index is 2.61. The fraction of sp³-hybridized carbons (Fsp3) is 0.429. The molecule has 0 radical (unpaired) electrons. The molecule has 0 heterocycles. The molecule has 1 amide bonds. The first kappa shape index (κ1) is 15.4. The number of carbonyl (C=O) groups excluding carboxylic acids is 1. The topological polar surface area (TPSA) is 53.2 Å². The molecule has 0 saturated heterocycles. The molecule has 1 rings (SSSR count). The highest BCUT2D eigenvalue weighted by Gasteiger charge is 2.14. The number of rotatable bonds is 2. The number of hydrogen-bond acceptors (Lipinski definition) is 2. The third-order valence-electron chi connectivity index (χ3n) is 2.64. The zero-order chi connectivity index (χ0) is 14.5. The number of carbonyl (C=O) groups is 1. The van der Waals surface area contributed by atoms with Crippen molar-refractivity contribution in [2.45, 2.75) is 33.1 Å². The van der Waals surface area contributed by atoms with Crippen molar-refractivity contribution in [2.24, 2.45) is 0 Å². The Kier molecular flexibility index (Phi) is 5.30. The van der Waals surface area contributed by atoms with Gasteiger partial charge in [0, 0.05) is 12.1 Å². The normalized spacial score (nSPS) is 10.7. The van der Waals surface area contributed by atoms with Gasteiger partial charge in [-0.3, -0.25) is 15.6 Å². The van der Waals surface area contributed by atoms with Crippen LogP contribution in [0.1, 0.15) is 43.6 Å². The lowest BCUT2D eigenvalue weighted by atomic mass is 9.87. The molecule has 0 fully saturated rings. The third-order valence-corrected chi connectivity index (χ3v) is 2.89. The van der Waals surface area contributed by atoms with E-state index in [1.807, 2.05) is 31.2 Å². The van der Waals surface area contributed by atoms with Gasteiger partial charge in [0.2, 0.25) is 0 Å². The second-order valence-electron chi connectivity index (χ2n) is 5.27. The molecule has 0 unspecified atom stereocenters. The first-order chi connectivity index (χ1) is 8.84. The molecule has 5 heteroatoms. The van der Waals surface area contributed by atoms with Crippen molar-refractivity contribution in [2.75, 3.05) is 6.54 Å². The van der Waals surface area contributed by atoms with Crippen LogP contribution in [0.4, 0.5) is 0 Å². The first-order valence-electron chi connectivity index (χ1n) is 6.29. The summed E-state index contributed by atoms with van der Waals surface area (Å²) in [4.78, 5) is 11.9. The monoisotopic (exact) mass is 279 g/mol. The van der Waals surface area contributed by atoms with Crippen LogP contribution in [0.2, 0.25) is 0 Å². The Bertz CT molecular complexity index is 449. The lowest BCUT2D eigenvalue weighted by molar-refractivity contribution is 0.0943. The molecule has 0 aliphatic carbocycles. The molecule has 0 aliphatic heterocycles. The largest absolute Gasteiger partial charge is 0.362 e. The van der Waals surface area contributed by atoms with Gasteiger partial charge in [0.05, 0.1) is 0 Å². The fourth-order valence-corrected chi connectivity index (χ4v) is 1.71. The van der Waals surface area contributed by atoms with Gasteiger partial charge in [-0.15, -0.1) is 0 Å². The highest BCUT2D eigenvalue weighted by molar-refractivity contribution is 7.80. The first-order valence-corrected chi connectivity index (χ1v) is 6.70. The van der Waals surface area contributed by atoms with E-state index in [2.05, 4.69) is 36.9 Å². The molecule has 4 nitrogen and oxygen atoms in total. The molecule has 0 atom stereocenters. The highest BCUT2D eigenvalue weighted by atomic mass is 32.1. The molecule has 0 spiro atoms. The minimum atomic E-state index is -0.208. The van der Waals surface area contributed by atoms with Crippen LogP contribution in [-0.2, 0) is 5.41 Å². The summed E-state index contributed by atoms with van der Waals surface area (Å²) in [6.07, 6.45) is 0. The SMILES string of the molecule is CCNC(=S)NNC(=O)c1ccc(C(C)(C)C)cc1. The summed E-state index contributed by atoms with van der Waals surface area (Å²) in [6.45, 7) is 9.05. The van der Waals surface area contributed by atoms with E-state index in [-0.39, 0.29) is 11.3 Å². The van der Waals surface area contributed by atoms with Crippen LogP contribution < -0.4 is 16.2 Å². The fourth-order valence-electron chi connectivity index (χ4n) is 1.51. The Hall–Kier alpha value is -1.62. The van der Waals surface area contributed by atoms with Gasteiger partial charge in [0.25, 0.3) is 5.91 Å². The summed E-state index contributed by atoms with van der Waals surface area (Å²) in [6, 6.07) is 7.57. The molecule has 1 aromatic rings. The molecule has 1 aromatic carbocycles. The van der Waals surface area contributed by atoms with Gasteiger partial charge >= 0.3 is 0 Å². The maximum Gasteiger partial charge on any atom is 0.269 e. The van der Waals surface area contributed by atoms with Crippen LogP contribution in [0, 0.1) is 0 Å². The number of amides is 1. The standard InChI is InChI=1S/C14H21N3OS/c1-5-15-13(19)17-16-12(18)10-6-8-11(9-7-10)14(2,3)4/h6-9H,5H2,1-4H3,(H,16,18)(H2,15,17,19). The molecule has 0 aliphatic rings. The summed E-state index contributed by atoms with van der Waals surface area (Å²) in [5.41, 5.74) is 7.07. The van der Waals surface area contributed by atoms with Gasteiger partial charge in [0.15, 0.2) is 5.11 Å². The maximum atomic E-state index is 11.9. The zero-order valence-electron chi connectivity index (χ0n) is 11.8. The number of hydrazine groups is 1. The van der Waals surface area contributed by atoms with Gasteiger partial charge in [-0.2, -0.15) is 0 Å². The molecule has 0 aromatic heterocycles. The highest BCUT2D eigenvalue weighted by Crippen LogP contribution is 2.21. The van der Waals surface area contributed by atoms with Crippen molar-refractivity contribution in [3.63, 3.8) is 0 Å². The van der Waals surface area contributed by atoms with E-state index in [9.17, 15) is 4.79 Å². The smallest absolute Gasteiger partial charge is 0.269 e. The van der Waals surface area contributed by atoms with Gasteiger partial charge in [-0.1, -0.05) is 32.9 Å². The number of benzene rings is 1.